The molecule has 0 aliphatic carbocycles. The summed E-state index contributed by atoms with van der Waals surface area (Å²) in [5.41, 5.74) is 6.97. The lowest BCUT2D eigenvalue weighted by Crippen LogP contribution is -2.44. The maximum Gasteiger partial charge on any atom is 0.224 e. The van der Waals surface area contributed by atoms with E-state index in [0.717, 1.165) is 12.0 Å². The van der Waals surface area contributed by atoms with Crippen LogP contribution in [-0.4, -0.2) is 36.5 Å². The highest BCUT2D eigenvalue weighted by Gasteiger charge is 2.25. The molecule has 4 heteroatoms. The van der Waals surface area contributed by atoms with Gasteiger partial charge in [0, 0.05) is 19.0 Å². The first-order valence-electron chi connectivity index (χ1n) is 6.90. The molecule has 0 spiro atoms. The first-order chi connectivity index (χ1) is 9.20. The maximum atomic E-state index is 12.1. The summed E-state index contributed by atoms with van der Waals surface area (Å²) in [4.78, 5) is 14.0. The zero-order valence-corrected chi connectivity index (χ0v) is 11.4. The maximum absolute atomic E-state index is 12.1. The quantitative estimate of drug-likeness (QED) is 0.898. The predicted molar refractivity (Wildman–Crippen MR) is 74.6 cm³/mol. The van der Waals surface area contributed by atoms with Gasteiger partial charge in [-0.05, 0) is 12.0 Å². The average Bonchev–Trinajstić information content (AvgIpc) is 2.48. The van der Waals surface area contributed by atoms with Crippen molar-refractivity contribution in [1.29, 1.82) is 0 Å². The number of amides is 1. The van der Waals surface area contributed by atoms with E-state index in [9.17, 15) is 4.79 Å². The van der Waals surface area contributed by atoms with Gasteiger partial charge < -0.3 is 15.4 Å². The van der Waals surface area contributed by atoms with Gasteiger partial charge >= 0.3 is 0 Å². The van der Waals surface area contributed by atoms with Crippen molar-refractivity contribution >= 4 is 5.91 Å². The fraction of sp³-hybridized carbons (Fsp3) is 0.533. The van der Waals surface area contributed by atoms with Crippen molar-refractivity contribution in [3.63, 3.8) is 0 Å². The minimum Gasteiger partial charge on any atom is -0.370 e. The highest BCUT2D eigenvalue weighted by Crippen LogP contribution is 2.22. The van der Waals surface area contributed by atoms with Gasteiger partial charge in [-0.1, -0.05) is 37.3 Å². The largest absolute Gasteiger partial charge is 0.370 e. The number of nitrogens with two attached hydrogens (primary N) is 1. The molecule has 19 heavy (non-hydrogen) atoms. The van der Waals surface area contributed by atoms with Crippen molar-refractivity contribution in [2.45, 2.75) is 31.9 Å². The SMILES string of the molecule is CCC(N)CC(=O)N1CCOC(c2ccccc2)C1. The van der Waals surface area contributed by atoms with Gasteiger partial charge in [0.15, 0.2) is 0 Å². The Morgan fingerprint density at radius 2 is 2.21 bits per heavy atom. The molecule has 1 fully saturated rings. The fourth-order valence-electron chi connectivity index (χ4n) is 2.24. The molecule has 0 aromatic heterocycles. The molecule has 104 valence electrons. The van der Waals surface area contributed by atoms with Crippen molar-refractivity contribution in [3.05, 3.63) is 35.9 Å². The monoisotopic (exact) mass is 262 g/mol. The molecule has 2 atom stereocenters. The average molecular weight is 262 g/mol. The van der Waals surface area contributed by atoms with Crippen LogP contribution in [0.2, 0.25) is 0 Å². The van der Waals surface area contributed by atoms with E-state index in [2.05, 4.69) is 0 Å². The highest BCUT2D eigenvalue weighted by atomic mass is 16.5. The van der Waals surface area contributed by atoms with Crippen LogP contribution in [-0.2, 0) is 9.53 Å². The molecule has 2 N–H and O–H groups in total. The topological polar surface area (TPSA) is 55.6 Å². The van der Waals surface area contributed by atoms with Gasteiger partial charge in [-0.15, -0.1) is 0 Å². The third kappa shape index (κ3) is 3.78. The van der Waals surface area contributed by atoms with Gasteiger partial charge in [0.1, 0.15) is 6.10 Å². The first-order valence-corrected chi connectivity index (χ1v) is 6.90. The number of carbonyl (C=O) groups is 1. The molecule has 1 aliphatic heterocycles. The zero-order chi connectivity index (χ0) is 13.7. The normalized spacial score (nSPS) is 21.2. The Morgan fingerprint density at radius 3 is 2.89 bits per heavy atom. The Labute approximate surface area is 114 Å². The molecule has 2 unspecified atom stereocenters. The first kappa shape index (κ1) is 14.0. The lowest BCUT2D eigenvalue weighted by molar-refractivity contribution is -0.139. The number of benzene rings is 1. The van der Waals surface area contributed by atoms with Crippen molar-refractivity contribution in [3.8, 4) is 0 Å². The molecule has 4 nitrogen and oxygen atoms in total. The minimum atomic E-state index is -0.0366. The smallest absolute Gasteiger partial charge is 0.224 e. The van der Waals surface area contributed by atoms with Crippen molar-refractivity contribution in [2.24, 2.45) is 5.73 Å². The number of morpholine rings is 1. The van der Waals surface area contributed by atoms with E-state index in [1.54, 1.807) is 0 Å². The minimum absolute atomic E-state index is 0.0169. The summed E-state index contributed by atoms with van der Waals surface area (Å²) in [7, 11) is 0. The molecule has 0 bridgehead atoms. The van der Waals surface area contributed by atoms with Crippen LogP contribution in [0.4, 0.5) is 0 Å². The van der Waals surface area contributed by atoms with Crippen LogP contribution in [0.3, 0.4) is 0 Å². The molecular weight excluding hydrogens is 240 g/mol. The van der Waals surface area contributed by atoms with Gasteiger partial charge in [-0.2, -0.15) is 0 Å². The van der Waals surface area contributed by atoms with E-state index in [-0.39, 0.29) is 18.1 Å². The molecule has 2 rings (SSSR count). The Morgan fingerprint density at radius 1 is 1.47 bits per heavy atom. The number of rotatable bonds is 4. The summed E-state index contributed by atoms with van der Waals surface area (Å²) in [6.07, 6.45) is 1.24. The number of nitrogens with zero attached hydrogens (tertiary/aromatic N) is 1. The third-order valence-corrected chi connectivity index (χ3v) is 3.55. The molecule has 1 saturated heterocycles. The number of hydrogen-bond acceptors (Lipinski definition) is 3. The van der Waals surface area contributed by atoms with Crippen LogP contribution < -0.4 is 5.73 Å². The van der Waals surface area contributed by atoms with Gasteiger partial charge in [-0.25, -0.2) is 0 Å². The molecule has 1 aliphatic rings. The van der Waals surface area contributed by atoms with Gasteiger partial charge in [-0.3, -0.25) is 4.79 Å². The number of hydrogen-bond donors (Lipinski definition) is 1. The standard InChI is InChI=1S/C15H22N2O2/c1-2-13(16)10-15(18)17-8-9-19-14(11-17)12-6-4-3-5-7-12/h3-7,13-14H,2,8-11,16H2,1H3. The summed E-state index contributed by atoms with van der Waals surface area (Å²) in [6, 6.07) is 10.0. The van der Waals surface area contributed by atoms with Crippen LogP contribution >= 0.6 is 0 Å². The Kier molecular flexibility index (Phi) is 4.93. The molecule has 0 saturated carbocycles. The van der Waals surface area contributed by atoms with Crippen molar-refractivity contribution < 1.29 is 9.53 Å². The van der Waals surface area contributed by atoms with Gasteiger partial charge in [0.2, 0.25) is 5.91 Å². The summed E-state index contributed by atoms with van der Waals surface area (Å²) in [6.45, 7) is 3.88. The van der Waals surface area contributed by atoms with Crippen LogP contribution in [0.25, 0.3) is 0 Å². The lowest BCUT2D eigenvalue weighted by Gasteiger charge is -2.33. The predicted octanol–water partition coefficient (Wildman–Crippen LogP) is 1.71. The van der Waals surface area contributed by atoms with Crippen LogP contribution in [0, 0.1) is 0 Å². The van der Waals surface area contributed by atoms with E-state index < -0.39 is 0 Å². The van der Waals surface area contributed by atoms with Crippen molar-refractivity contribution in [2.75, 3.05) is 19.7 Å². The Hall–Kier alpha value is -1.39. The third-order valence-electron chi connectivity index (χ3n) is 3.55. The number of carbonyl (C=O) groups excluding carboxylic acids is 1. The van der Waals surface area contributed by atoms with Gasteiger partial charge in [0.05, 0.1) is 13.2 Å². The zero-order valence-electron chi connectivity index (χ0n) is 11.4. The summed E-state index contributed by atoms with van der Waals surface area (Å²) < 4.78 is 5.75. The van der Waals surface area contributed by atoms with Gasteiger partial charge in [0.25, 0.3) is 0 Å². The van der Waals surface area contributed by atoms with E-state index in [0.29, 0.717) is 26.1 Å². The second-order valence-electron chi connectivity index (χ2n) is 4.98. The fourth-order valence-corrected chi connectivity index (χ4v) is 2.24. The van der Waals surface area contributed by atoms with Crippen molar-refractivity contribution in [1.82, 2.24) is 4.90 Å². The summed E-state index contributed by atoms with van der Waals surface area (Å²) in [5.74, 6) is 0.138. The molecule has 1 aromatic rings. The summed E-state index contributed by atoms with van der Waals surface area (Å²) in [5, 5.41) is 0. The van der Waals surface area contributed by atoms with Crippen LogP contribution in [0.5, 0.6) is 0 Å². The number of ether oxygens (including phenoxy) is 1. The Bertz CT molecular complexity index is 408. The Balaban J connectivity index is 1.95. The molecule has 1 amide bonds. The van der Waals surface area contributed by atoms with Crippen LogP contribution in [0.15, 0.2) is 30.3 Å². The lowest BCUT2D eigenvalue weighted by atomic mass is 10.1. The highest BCUT2D eigenvalue weighted by molar-refractivity contribution is 5.77. The van der Waals surface area contributed by atoms with E-state index >= 15 is 0 Å². The molecule has 1 heterocycles. The second-order valence-corrected chi connectivity index (χ2v) is 4.98. The summed E-state index contributed by atoms with van der Waals surface area (Å²) >= 11 is 0. The molecule has 0 radical (unpaired) electrons. The molecule has 1 aromatic carbocycles. The second kappa shape index (κ2) is 6.68. The molecular formula is C15H22N2O2. The van der Waals surface area contributed by atoms with E-state index in [1.807, 2.05) is 42.2 Å². The van der Waals surface area contributed by atoms with E-state index in [1.165, 1.54) is 0 Å². The van der Waals surface area contributed by atoms with Crippen LogP contribution in [0.1, 0.15) is 31.4 Å². The van der Waals surface area contributed by atoms with E-state index in [4.69, 9.17) is 10.5 Å².